The second-order valence-corrected chi connectivity index (χ2v) is 3.63. The molecule has 2 aromatic heterocycles. The Bertz CT molecular complexity index is 659. The van der Waals surface area contributed by atoms with Crippen molar-refractivity contribution < 1.29 is 0 Å². The van der Waals surface area contributed by atoms with Crippen LogP contribution in [0.15, 0.2) is 30.6 Å². The van der Waals surface area contributed by atoms with Crippen molar-refractivity contribution >= 4 is 34.1 Å². The van der Waals surface area contributed by atoms with E-state index in [1.165, 1.54) is 0 Å². The maximum absolute atomic E-state index is 6.04. The summed E-state index contributed by atoms with van der Waals surface area (Å²) in [5, 5.41) is 1.49. The van der Waals surface area contributed by atoms with Crippen LogP contribution in [0.3, 0.4) is 0 Å². The van der Waals surface area contributed by atoms with E-state index < -0.39 is 0 Å². The SMILES string of the molecule is Nc1nc2c(Cl)cccc2c2nccn12. The molecule has 2 N–H and O–H groups in total. The number of rotatable bonds is 0. The molecule has 0 aliphatic heterocycles. The fourth-order valence-corrected chi connectivity index (χ4v) is 1.88. The van der Waals surface area contributed by atoms with E-state index in [0.29, 0.717) is 16.5 Å². The third-order valence-corrected chi connectivity index (χ3v) is 2.65. The number of nitrogens with zero attached hydrogens (tertiary/aromatic N) is 3. The molecule has 0 saturated heterocycles. The summed E-state index contributed by atoms with van der Waals surface area (Å²) in [6.07, 6.45) is 3.46. The molecule has 0 aliphatic rings. The summed E-state index contributed by atoms with van der Waals surface area (Å²) in [6.45, 7) is 0. The first-order chi connectivity index (χ1) is 7.27. The van der Waals surface area contributed by atoms with Crippen molar-refractivity contribution in [1.29, 1.82) is 0 Å². The largest absolute Gasteiger partial charge is 0.369 e. The monoisotopic (exact) mass is 218 g/mol. The van der Waals surface area contributed by atoms with E-state index >= 15 is 0 Å². The van der Waals surface area contributed by atoms with E-state index in [4.69, 9.17) is 17.3 Å². The average molecular weight is 219 g/mol. The summed E-state index contributed by atoms with van der Waals surface area (Å²) in [7, 11) is 0. The number of para-hydroxylation sites is 1. The van der Waals surface area contributed by atoms with Crippen molar-refractivity contribution in [2.75, 3.05) is 5.73 Å². The van der Waals surface area contributed by atoms with E-state index in [0.717, 1.165) is 11.0 Å². The van der Waals surface area contributed by atoms with Crippen molar-refractivity contribution in [2.24, 2.45) is 0 Å². The lowest BCUT2D eigenvalue weighted by molar-refractivity contribution is 1.14. The van der Waals surface area contributed by atoms with Crippen LogP contribution in [-0.4, -0.2) is 14.4 Å². The Morgan fingerprint density at radius 2 is 2.20 bits per heavy atom. The number of nitrogens with two attached hydrogens (primary N) is 1. The molecule has 0 saturated carbocycles. The maximum atomic E-state index is 6.04. The van der Waals surface area contributed by atoms with Gasteiger partial charge in [-0.2, -0.15) is 0 Å². The highest BCUT2D eigenvalue weighted by Crippen LogP contribution is 2.25. The van der Waals surface area contributed by atoms with Crippen LogP contribution in [0.2, 0.25) is 5.02 Å². The fourth-order valence-electron chi connectivity index (χ4n) is 1.67. The minimum atomic E-state index is 0.392. The molecule has 4 nitrogen and oxygen atoms in total. The summed E-state index contributed by atoms with van der Waals surface area (Å²) in [6, 6.07) is 5.59. The highest BCUT2D eigenvalue weighted by molar-refractivity contribution is 6.35. The minimum Gasteiger partial charge on any atom is -0.369 e. The van der Waals surface area contributed by atoms with E-state index in [1.54, 1.807) is 22.9 Å². The van der Waals surface area contributed by atoms with Gasteiger partial charge in [0.2, 0.25) is 5.95 Å². The third-order valence-electron chi connectivity index (χ3n) is 2.34. The number of aromatic nitrogens is 3. The molecule has 74 valence electrons. The quantitative estimate of drug-likeness (QED) is 0.629. The fraction of sp³-hybridized carbons (Fsp3) is 0. The molecule has 0 fully saturated rings. The van der Waals surface area contributed by atoms with Crippen LogP contribution in [0.25, 0.3) is 16.6 Å². The van der Waals surface area contributed by atoms with Gasteiger partial charge in [-0.25, -0.2) is 9.97 Å². The van der Waals surface area contributed by atoms with Gasteiger partial charge in [0.25, 0.3) is 0 Å². The number of hydrogen-bond acceptors (Lipinski definition) is 3. The Morgan fingerprint density at radius 3 is 3.07 bits per heavy atom. The zero-order chi connectivity index (χ0) is 10.4. The van der Waals surface area contributed by atoms with Gasteiger partial charge in [-0.3, -0.25) is 4.40 Å². The molecule has 3 aromatic rings. The lowest BCUT2D eigenvalue weighted by Crippen LogP contribution is -2.00. The standard InChI is InChI=1S/C10H7ClN4/c11-7-3-1-2-6-8(7)14-10(12)15-5-4-13-9(6)15/h1-5H,(H2,12,14). The molecule has 0 aliphatic carbocycles. The van der Waals surface area contributed by atoms with Gasteiger partial charge in [0.15, 0.2) is 0 Å². The molecule has 0 amide bonds. The molecule has 15 heavy (non-hydrogen) atoms. The van der Waals surface area contributed by atoms with Crippen LogP contribution in [0.4, 0.5) is 5.95 Å². The van der Waals surface area contributed by atoms with Gasteiger partial charge in [-0.05, 0) is 12.1 Å². The lowest BCUT2D eigenvalue weighted by Gasteiger charge is -2.04. The third kappa shape index (κ3) is 1.08. The number of hydrogen-bond donors (Lipinski definition) is 1. The molecule has 0 bridgehead atoms. The molecule has 2 heterocycles. The molecule has 0 unspecified atom stereocenters. The van der Waals surface area contributed by atoms with Crippen LogP contribution in [0, 0.1) is 0 Å². The number of halogens is 1. The molecule has 0 atom stereocenters. The summed E-state index contributed by atoms with van der Waals surface area (Å²) in [4.78, 5) is 8.48. The molecule has 0 radical (unpaired) electrons. The predicted molar refractivity (Wildman–Crippen MR) is 59.9 cm³/mol. The Labute approximate surface area is 90.3 Å². The highest BCUT2D eigenvalue weighted by Gasteiger charge is 2.08. The van der Waals surface area contributed by atoms with Crippen molar-refractivity contribution in [2.45, 2.75) is 0 Å². The average Bonchev–Trinajstić information content (AvgIpc) is 2.69. The number of benzene rings is 1. The molecule has 3 rings (SSSR count). The maximum Gasteiger partial charge on any atom is 0.206 e. The Hall–Kier alpha value is -1.81. The van der Waals surface area contributed by atoms with Crippen LogP contribution in [0.5, 0.6) is 0 Å². The van der Waals surface area contributed by atoms with E-state index in [-0.39, 0.29) is 0 Å². The van der Waals surface area contributed by atoms with Crippen molar-refractivity contribution in [3.63, 3.8) is 0 Å². The second kappa shape index (κ2) is 2.84. The molecule has 0 spiro atoms. The normalized spacial score (nSPS) is 11.3. The summed E-state index contributed by atoms with van der Waals surface area (Å²) in [5.41, 5.74) is 7.26. The smallest absolute Gasteiger partial charge is 0.206 e. The molecular formula is C10H7ClN4. The van der Waals surface area contributed by atoms with Crippen molar-refractivity contribution in [3.05, 3.63) is 35.6 Å². The summed E-state index contributed by atoms with van der Waals surface area (Å²) in [5.74, 6) is 0.392. The zero-order valence-corrected chi connectivity index (χ0v) is 8.44. The van der Waals surface area contributed by atoms with Gasteiger partial charge in [0.1, 0.15) is 5.65 Å². The Morgan fingerprint density at radius 1 is 1.33 bits per heavy atom. The Kier molecular flexibility index (Phi) is 1.61. The number of fused-ring (bicyclic) bond motifs is 3. The first-order valence-electron chi connectivity index (χ1n) is 4.44. The molecule has 5 heteroatoms. The predicted octanol–water partition coefficient (Wildman–Crippen LogP) is 2.12. The first kappa shape index (κ1) is 8.49. The molecule has 1 aromatic carbocycles. The lowest BCUT2D eigenvalue weighted by atomic mass is 10.2. The second-order valence-electron chi connectivity index (χ2n) is 3.23. The van der Waals surface area contributed by atoms with Gasteiger partial charge in [0.05, 0.1) is 10.5 Å². The Balaban J connectivity index is 2.66. The van der Waals surface area contributed by atoms with Crippen LogP contribution in [-0.2, 0) is 0 Å². The van der Waals surface area contributed by atoms with Gasteiger partial charge >= 0.3 is 0 Å². The van der Waals surface area contributed by atoms with Gasteiger partial charge in [-0.15, -0.1) is 0 Å². The van der Waals surface area contributed by atoms with Gasteiger partial charge in [-0.1, -0.05) is 17.7 Å². The topological polar surface area (TPSA) is 56.2 Å². The molecular weight excluding hydrogens is 212 g/mol. The minimum absolute atomic E-state index is 0.392. The number of anilines is 1. The zero-order valence-electron chi connectivity index (χ0n) is 7.68. The number of nitrogen functional groups attached to an aromatic ring is 1. The van der Waals surface area contributed by atoms with E-state index in [9.17, 15) is 0 Å². The van der Waals surface area contributed by atoms with Crippen molar-refractivity contribution in [3.8, 4) is 0 Å². The van der Waals surface area contributed by atoms with Crippen LogP contribution >= 0.6 is 11.6 Å². The van der Waals surface area contributed by atoms with E-state index in [1.807, 2.05) is 12.1 Å². The van der Waals surface area contributed by atoms with Crippen LogP contribution < -0.4 is 5.73 Å². The highest BCUT2D eigenvalue weighted by atomic mass is 35.5. The first-order valence-corrected chi connectivity index (χ1v) is 4.82. The van der Waals surface area contributed by atoms with Crippen LogP contribution in [0.1, 0.15) is 0 Å². The number of imidazole rings is 1. The van der Waals surface area contributed by atoms with E-state index in [2.05, 4.69) is 9.97 Å². The summed E-state index contributed by atoms with van der Waals surface area (Å²) < 4.78 is 1.73. The summed E-state index contributed by atoms with van der Waals surface area (Å²) >= 11 is 6.04. The van der Waals surface area contributed by atoms with Gasteiger partial charge < -0.3 is 5.73 Å². The van der Waals surface area contributed by atoms with Crippen molar-refractivity contribution in [1.82, 2.24) is 14.4 Å². The van der Waals surface area contributed by atoms with Gasteiger partial charge in [0, 0.05) is 17.8 Å².